The van der Waals surface area contributed by atoms with E-state index < -0.39 is 0 Å². The molecule has 0 saturated carbocycles. The predicted octanol–water partition coefficient (Wildman–Crippen LogP) is 2.57. The van der Waals surface area contributed by atoms with Crippen LogP contribution in [0.1, 0.15) is 18.3 Å². The van der Waals surface area contributed by atoms with Crippen LogP contribution in [0, 0.1) is 5.92 Å². The first-order valence-electron chi connectivity index (χ1n) is 6.98. The van der Waals surface area contributed by atoms with Crippen LogP contribution in [0.5, 0.6) is 0 Å². The van der Waals surface area contributed by atoms with E-state index in [9.17, 15) is 0 Å². The van der Waals surface area contributed by atoms with E-state index in [1.165, 1.54) is 5.56 Å². The van der Waals surface area contributed by atoms with Gasteiger partial charge in [0, 0.05) is 18.0 Å². The fraction of sp³-hybridized carbons (Fsp3) is 0.467. The molecule has 1 N–H and O–H groups in total. The number of nitrogens with one attached hydrogen (secondary N) is 1. The van der Waals surface area contributed by atoms with Crippen LogP contribution >= 0.6 is 11.6 Å². The maximum Gasteiger partial charge on any atom is 0.138 e. The Morgan fingerprint density at radius 3 is 2.90 bits per heavy atom. The van der Waals surface area contributed by atoms with Crippen molar-refractivity contribution < 1.29 is 0 Å². The molecule has 0 radical (unpaired) electrons. The molecule has 1 heterocycles. The summed E-state index contributed by atoms with van der Waals surface area (Å²) < 4.78 is 1.96. The molecule has 0 aliphatic heterocycles. The Morgan fingerprint density at radius 2 is 2.20 bits per heavy atom. The summed E-state index contributed by atoms with van der Waals surface area (Å²) in [6.07, 6.45) is 3.54. The Morgan fingerprint density at radius 1 is 1.35 bits per heavy atom. The lowest BCUT2D eigenvalue weighted by atomic mass is 9.95. The Hall–Kier alpha value is -1.39. The molecule has 1 aromatic heterocycles. The van der Waals surface area contributed by atoms with E-state index in [1.807, 2.05) is 29.9 Å². The summed E-state index contributed by atoms with van der Waals surface area (Å²) in [6.45, 7) is 3.89. The molecule has 1 aromatic carbocycles. The first kappa shape index (κ1) is 15.0. The van der Waals surface area contributed by atoms with Gasteiger partial charge in [0.05, 0.1) is 0 Å². The fourth-order valence-electron chi connectivity index (χ4n) is 2.47. The number of hydrogen-bond donors (Lipinski definition) is 1. The number of hydrogen-bond acceptors (Lipinski definition) is 3. The number of halogens is 1. The van der Waals surface area contributed by atoms with Gasteiger partial charge in [0.1, 0.15) is 12.2 Å². The third kappa shape index (κ3) is 4.05. The second-order valence-corrected chi connectivity index (χ2v) is 5.39. The number of aryl methyl sites for hydroxylation is 1. The van der Waals surface area contributed by atoms with E-state index >= 15 is 0 Å². The Bertz CT molecular complexity index is 538. The molecule has 0 amide bonds. The van der Waals surface area contributed by atoms with Gasteiger partial charge in [0.2, 0.25) is 0 Å². The quantitative estimate of drug-likeness (QED) is 0.853. The summed E-state index contributed by atoms with van der Waals surface area (Å²) in [4.78, 5) is 4.37. The van der Waals surface area contributed by atoms with Crippen molar-refractivity contribution >= 4 is 11.6 Å². The van der Waals surface area contributed by atoms with Gasteiger partial charge in [-0.1, -0.05) is 23.7 Å². The second kappa shape index (κ2) is 7.41. The third-order valence-corrected chi connectivity index (χ3v) is 3.61. The van der Waals surface area contributed by atoms with Crippen molar-refractivity contribution in [2.75, 3.05) is 13.6 Å². The van der Waals surface area contributed by atoms with Gasteiger partial charge in [-0.25, -0.2) is 4.98 Å². The molecule has 0 saturated heterocycles. The molecule has 0 aliphatic carbocycles. The zero-order valence-corrected chi connectivity index (χ0v) is 12.8. The molecule has 0 aliphatic rings. The van der Waals surface area contributed by atoms with E-state index in [0.29, 0.717) is 5.92 Å². The Kier molecular flexibility index (Phi) is 5.56. The lowest BCUT2D eigenvalue weighted by molar-refractivity contribution is 0.464. The van der Waals surface area contributed by atoms with Crippen LogP contribution < -0.4 is 5.32 Å². The SMILES string of the molecule is CCn1ncnc1CC(CNC)Cc1cccc(Cl)c1. The van der Waals surface area contributed by atoms with Crippen molar-refractivity contribution in [2.45, 2.75) is 26.3 Å². The van der Waals surface area contributed by atoms with Gasteiger partial charge >= 0.3 is 0 Å². The molecule has 0 bridgehead atoms. The normalized spacial score (nSPS) is 12.6. The maximum atomic E-state index is 6.05. The molecule has 2 rings (SSSR count). The molecule has 1 unspecified atom stereocenters. The molecule has 5 heteroatoms. The maximum absolute atomic E-state index is 6.05. The standard InChI is InChI=1S/C15H21ClN4/c1-3-20-15(18-11-19-20)9-13(10-17-2)7-12-5-4-6-14(16)8-12/h4-6,8,11,13,17H,3,7,9-10H2,1-2H3. The van der Waals surface area contributed by atoms with Crippen LogP contribution in [0.2, 0.25) is 5.02 Å². The summed E-state index contributed by atoms with van der Waals surface area (Å²) in [6, 6.07) is 8.07. The van der Waals surface area contributed by atoms with Crippen LogP contribution in [0.3, 0.4) is 0 Å². The van der Waals surface area contributed by atoms with Crippen LogP contribution in [0.25, 0.3) is 0 Å². The Labute approximate surface area is 125 Å². The van der Waals surface area contributed by atoms with Gasteiger partial charge in [-0.05, 0) is 50.6 Å². The highest BCUT2D eigenvalue weighted by Gasteiger charge is 2.14. The summed E-state index contributed by atoms with van der Waals surface area (Å²) in [5, 5.41) is 8.29. The smallest absolute Gasteiger partial charge is 0.138 e. The van der Waals surface area contributed by atoms with Gasteiger partial charge in [0.25, 0.3) is 0 Å². The summed E-state index contributed by atoms with van der Waals surface area (Å²) in [5.41, 5.74) is 1.26. The summed E-state index contributed by atoms with van der Waals surface area (Å²) in [5.74, 6) is 1.53. The first-order chi connectivity index (χ1) is 9.72. The lowest BCUT2D eigenvalue weighted by Gasteiger charge is -2.16. The average molecular weight is 293 g/mol. The van der Waals surface area contributed by atoms with Crippen LogP contribution in [-0.2, 0) is 19.4 Å². The van der Waals surface area contributed by atoms with Crippen LogP contribution in [0.4, 0.5) is 0 Å². The molecule has 0 fully saturated rings. The van der Waals surface area contributed by atoms with Gasteiger partial charge < -0.3 is 5.32 Å². The summed E-state index contributed by atoms with van der Waals surface area (Å²) in [7, 11) is 1.98. The second-order valence-electron chi connectivity index (χ2n) is 4.95. The van der Waals surface area contributed by atoms with Gasteiger partial charge in [0.15, 0.2) is 0 Å². The molecule has 108 valence electrons. The van der Waals surface area contributed by atoms with E-state index in [-0.39, 0.29) is 0 Å². The van der Waals surface area contributed by atoms with Gasteiger partial charge in [-0.2, -0.15) is 5.10 Å². The molecule has 4 nitrogen and oxygen atoms in total. The predicted molar refractivity (Wildman–Crippen MR) is 82.0 cm³/mol. The van der Waals surface area contributed by atoms with Crippen molar-refractivity contribution in [3.05, 3.63) is 47.0 Å². The largest absolute Gasteiger partial charge is 0.319 e. The number of benzene rings is 1. The van der Waals surface area contributed by atoms with E-state index in [0.717, 1.165) is 36.8 Å². The molecule has 0 spiro atoms. The number of rotatable bonds is 7. The summed E-state index contributed by atoms with van der Waals surface area (Å²) >= 11 is 6.05. The highest BCUT2D eigenvalue weighted by Crippen LogP contribution is 2.17. The zero-order valence-electron chi connectivity index (χ0n) is 12.0. The topological polar surface area (TPSA) is 42.7 Å². The molecule has 20 heavy (non-hydrogen) atoms. The number of nitrogens with zero attached hydrogens (tertiary/aromatic N) is 3. The van der Waals surface area contributed by atoms with E-state index in [4.69, 9.17) is 11.6 Å². The zero-order chi connectivity index (χ0) is 14.4. The Balaban J connectivity index is 2.07. The average Bonchev–Trinajstić information content (AvgIpc) is 2.86. The molecule has 2 aromatic rings. The molecular weight excluding hydrogens is 272 g/mol. The molecular formula is C15H21ClN4. The van der Waals surface area contributed by atoms with Gasteiger partial charge in [-0.15, -0.1) is 0 Å². The minimum absolute atomic E-state index is 0.480. The van der Waals surface area contributed by atoms with Gasteiger partial charge in [-0.3, -0.25) is 4.68 Å². The monoisotopic (exact) mass is 292 g/mol. The van der Waals surface area contributed by atoms with Crippen LogP contribution in [-0.4, -0.2) is 28.4 Å². The van der Waals surface area contributed by atoms with Crippen molar-refractivity contribution in [2.24, 2.45) is 5.92 Å². The van der Waals surface area contributed by atoms with Crippen LogP contribution in [0.15, 0.2) is 30.6 Å². The van der Waals surface area contributed by atoms with Crippen molar-refractivity contribution in [3.8, 4) is 0 Å². The minimum atomic E-state index is 0.480. The first-order valence-corrected chi connectivity index (χ1v) is 7.36. The molecule has 1 atom stereocenters. The van der Waals surface area contributed by atoms with Crippen molar-refractivity contribution in [3.63, 3.8) is 0 Å². The third-order valence-electron chi connectivity index (χ3n) is 3.37. The highest BCUT2D eigenvalue weighted by atomic mass is 35.5. The van der Waals surface area contributed by atoms with Crippen molar-refractivity contribution in [1.82, 2.24) is 20.1 Å². The van der Waals surface area contributed by atoms with E-state index in [2.05, 4.69) is 28.4 Å². The van der Waals surface area contributed by atoms with Crippen molar-refractivity contribution in [1.29, 1.82) is 0 Å². The lowest BCUT2D eigenvalue weighted by Crippen LogP contribution is -2.24. The minimum Gasteiger partial charge on any atom is -0.319 e. The van der Waals surface area contributed by atoms with E-state index in [1.54, 1.807) is 6.33 Å². The number of aromatic nitrogens is 3. The highest BCUT2D eigenvalue weighted by molar-refractivity contribution is 6.30. The fourth-order valence-corrected chi connectivity index (χ4v) is 2.68.